The van der Waals surface area contributed by atoms with Gasteiger partial charge < -0.3 is 10.6 Å². The first-order valence-corrected chi connectivity index (χ1v) is 11.6. The van der Waals surface area contributed by atoms with E-state index in [1.807, 2.05) is 36.9 Å². The van der Waals surface area contributed by atoms with Gasteiger partial charge in [0.15, 0.2) is 10.9 Å². The van der Waals surface area contributed by atoms with Crippen molar-refractivity contribution in [3.05, 3.63) is 93.1 Å². The number of aryl methyl sites for hydroxylation is 2. The molecule has 0 aliphatic heterocycles. The second-order valence-electron chi connectivity index (χ2n) is 7.86. The molecule has 0 saturated heterocycles. The molecule has 0 amide bonds. The van der Waals surface area contributed by atoms with Gasteiger partial charge in [-0.1, -0.05) is 36.4 Å². The Labute approximate surface area is 205 Å². The molecule has 0 spiro atoms. The molecule has 0 aliphatic rings. The molecule has 2 heterocycles. The lowest BCUT2D eigenvalue weighted by atomic mass is 10.1. The minimum absolute atomic E-state index is 0.257. The van der Waals surface area contributed by atoms with Gasteiger partial charge in [0, 0.05) is 6.20 Å². The molecule has 4 aromatic rings. The fraction of sp³-hybridized carbons (Fsp3) is 0.208. The maximum Gasteiger partial charge on any atom is 0.176 e. The van der Waals surface area contributed by atoms with Gasteiger partial charge in [0.25, 0.3) is 0 Å². The van der Waals surface area contributed by atoms with Gasteiger partial charge in [0.1, 0.15) is 5.82 Å². The molecule has 6 nitrogen and oxygen atoms in total. The number of rotatable bonds is 6. The molecule has 9 heteroatoms. The van der Waals surface area contributed by atoms with Crippen LogP contribution < -0.4 is 10.6 Å². The summed E-state index contributed by atoms with van der Waals surface area (Å²) in [5.74, 6) is 0.337. The third kappa shape index (κ3) is 5.48. The zero-order valence-corrected chi connectivity index (χ0v) is 21.0. The van der Waals surface area contributed by atoms with Crippen LogP contribution in [0.1, 0.15) is 28.1 Å². The van der Waals surface area contributed by atoms with Crippen molar-refractivity contribution in [1.29, 1.82) is 0 Å². The van der Waals surface area contributed by atoms with E-state index in [-0.39, 0.29) is 5.82 Å². The Morgan fingerprint density at radius 3 is 2.45 bits per heavy atom. The summed E-state index contributed by atoms with van der Waals surface area (Å²) < 4.78 is 17.7. The Balaban J connectivity index is 1.44. The van der Waals surface area contributed by atoms with Crippen molar-refractivity contribution in [2.45, 2.75) is 33.9 Å². The minimum atomic E-state index is -0.257. The molecule has 4 rings (SSSR count). The van der Waals surface area contributed by atoms with Crippen molar-refractivity contribution >= 4 is 44.8 Å². The van der Waals surface area contributed by atoms with Gasteiger partial charge in [-0.3, -0.25) is 9.36 Å². The molecular weight excluding hydrogens is 503 g/mol. The van der Waals surface area contributed by atoms with Gasteiger partial charge >= 0.3 is 0 Å². The van der Waals surface area contributed by atoms with Crippen LogP contribution in [0.2, 0.25) is 0 Å². The molecule has 2 aromatic carbocycles. The number of benzene rings is 2. The number of hydrogen-bond acceptors (Lipinski definition) is 3. The van der Waals surface area contributed by atoms with Crippen LogP contribution in [0, 0.1) is 26.6 Å². The Bertz CT molecular complexity index is 1300. The van der Waals surface area contributed by atoms with Crippen LogP contribution in [0.4, 0.5) is 15.9 Å². The number of aromatic nitrogens is 4. The quantitative estimate of drug-likeness (QED) is 0.310. The number of hydrogen-bond donors (Lipinski definition) is 2. The lowest BCUT2D eigenvalue weighted by Crippen LogP contribution is -2.20. The summed E-state index contributed by atoms with van der Waals surface area (Å²) in [5, 5.41) is 16.1. The third-order valence-corrected chi connectivity index (χ3v) is 6.19. The molecule has 0 bridgehead atoms. The molecule has 0 saturated carbocycles. The van der Waals surface area contributed by atoms with Crippen LogP contribution in [0.15, 0.2) is 59.2 Å². The Hall–Kier alpha value is -3.04. The Morgan fingerprint density at radius 1 is 1.00 bits per heavy atom. The lowest BCUT2D eigenvalue weighted by Gasteiger charge is -2.11. The molecule has 2 aromatic heterocycles. The second kappa shape index (κ2) is 9.84. The first kappa shape index (κ1) is 23.1. The average Bonchev–Trinajstić information content (AvgIpc) is 3.24. The monoisotopic (exact) mass is 526 g/mol. The van der Waals surface area contributed by atoms with Crippen LogP contribution in [0.25, 0.3) is 0 Å². The molecule has 170 valence electrons. The Morgan fingerprint density at radius 2 is 1.73 bits per heavy atom. The summed E-state index contributed by atoms with van der Waals surface area (Å²) in [6, 6.07) is 14.7. The summed E-state index contributed by atoms with van der Waals surface area (Å²) in [6.07, 6.45) is 1.85. The predicted molar refractivity (Wildman–Crippen MR) is 137 cm³/mol. The van der Waals surface area contributed by atoms with E-state index in [9.17, 15) is 4.39 Å². The second-order valence-corrected chi connectivity index (χ2v) is 9.12. The van der Waals surface area contributed by atoms with Crippen molar-refractivity contribution in [2.24, 2.45) is 0 Å². The number of nitrogens with one attached hydrogen (secondary N) is 2. The van der Waals surface area contributed by atoms with Gasteiger partial charge in [-0.2, -0.15) is 10.2 Å². The molecule has 0 radical (unpaired) electrons. The fourth-order valence-corrected chi connectivity index (χ4v) is 4.19. The topological polar surface area (TPSA) is 59.7 Å². The number of thiocarbonyl (C=S) groups is 1. The largest absolute Gasteiger partial charge is 0.329 e. The summed E-state index contributed by atoms with van der Waals surface area (Å²) in [5.41, 5.74) is 6.16. The lowest BCUT2D eigenvalue weighted by molar-refractivity contribution is 0.624. The first-order chi connectivity index (χ1) is 15.8. The molecule has 0 atom stereocenters. The number of nitrogens with zero attached hydrogens (tertiary/aromatic N) is 4. The van der Waals surface area contributed by atoms with Gasteiger partial charge in [-0.15, -0.1) is 0 Å². The van der Waals surface area contributed by atoms with Crippen LogP contribution >= 0.6 is 28.1 Å². The SMILES string of the molecule is Cc1ccccc1Cn1nc(C)c(NC(=S)Nc2nn(Cc3ccc(F)cc3)cc2Br)c1C. The summed E-state index contributed by atoms with van der Waals surface area (Å²) in [4.78, 5) is 0. The minimum Gasteiger partial charge on any atom is -0.329 e. The van der Waals surface area contributed by atoms with Crippen molar-refractivity contribution in [1.82, 2.24) is 19.6 Å². The highest BCUT2D eigenvalue weighted by Gasteiger charge is 2.15. The zero-order valence-electron chi connectivity index (χ0n) is 18.6. The average molecular weight is 527 g/mol. The summed E-state index contributed by atoms with van der Waals surface area (Å²) in [6.45, 7) is 7.30. The van der Waals surface area contributed by atoms with Crippen molar-refractivity contribution < 1.29 is 4.39 Å². The standard InChI is InChI=1S/C24H24BrFN6S/c1-15-6-4-5-7-19(15)13-32-17(3)22(16(2)29-32)27-24(33)28-23-21(25)14-31(30-23)12-18-8-10-20(26)11-9-18/h4-11,14H,12-13H2,1-3H3,(H2,27,28,30,33). The van der Waals surface area contributed by atoms with Crippen LogP contribution in [0.3, 0.4) is 0 Å². The molecule has 0 fully saturated rings. The third-order valence-electron chi connectivity index (χ3n) is 5.41. The van der Waals surface area contributed by atoms with E-state index in [1.165, 1.54) is 23.3 Å². The number of halogens is 2. The highest BCUT2D eigenvalue weighted by atomic mass is 79.9. The molecule has 0 aliphatic carbocycles. The van der Waals surface area contributed by atoms with Crippen LogP contribution in [0.5, 0.6) is 0 Å². The fourth-order valence-electron chi connectivity index (χ4n) is 3.57. The van der Waals surface area contributed by atoms with Crippen molar-refractivity contribution in [3.8, 4) is 0 Å². The molecular formula is C24H24BrFN6S. The Kier molecular flexibility index (Phi) is 6.90. The maximum atomic E-state index is 13.1. The van der Waals surface area contributed by atoms with Gasteiger partial charge in [-0.05, 0) is 77.7 Å². The van der Waals surface area contributed by atoms with Crippen molar-refractivity contribution in [3.63, 3.8) is 0 Å². The van der Waals surface area contributed by atoms with E-state index in [2.05, 4.69) is 50.7 Å². The molecule has 33 heavy (non-hydrogen) atoms. The van der Waals surface area contributed by atoms with E-state index in [1.54, 1.807) is 16.8 Å². The molecule has 2 N–H and O–H groups in total. The number of anilines is 2. The van der Waals surface area contributed by atoms with E-state index >= 15 is 0 Å². The highest BCUT2D eigenvalue weighted by molar-refractivity contribution is 9.10. The predicted octanol–water partition coefficient (Wildman–Crippen LogP) is 5.81. The summed E-state index contributed by atoms with van der Waals surface area (Å²) >= 11 is 9.06. The highest BCUT2D eigenvalue weighted by Crippen LogP contribution is 2.24. The van der Waals surface area contributed by atoms with Crippen molar-refractivity contribution in [2.75, 3.05) is 10.6 Å². The zero-order chi connectivity index (χ0) is 23.5. The van der Waals surface area contributed by atoms with Crippen LogP contribution in [-0.2, 0) is 13.1 Å². The van der Waals surface area contributed by atoms with E-state index in [0.717, 1.165) is 27.1 Å². The molecule has 0 unspecified atom stereocenters. The summed E-state index contributed by atoms with van der Waals surface area (Å²) in [7, 11) is 0. The smallest absolute Gasteiger partial charge is 0.176 e. The van der Waals surface area contributed by atoms with Gasteiger partial charge in [-0.25, -0.2) is 4.39 Å². The van der Waals surface area contributed by atoms with E-state index < -0.39 is 0 Å². The van der Waals surface area contributed by atoms with Gasteiger partial charge in [0.05, 0.1) is 34.6 Å². The maximum absolute atomic E-state index is 13.1. The first-order valence-electron chi connectivity index (χ1n) is 10.4. The van der Waals surface area contributed by atoms with E-state index in [0.29, 0.717) is 24.0 Å². The normalized spacial score (nSPS) is 10.9. The van der Waals surface area contributed by atoms with Gasteiger partial charge in [0.2, 0.25) is 0 Å². The van der Waals surface area contributed by atoms with Crippen LogP contribution in [-0.4, -0.2) is 24.7 Å². The van der Waals surface area contributed by atoms with E-state index in [4.69, 9.17) is 17.3 Å².